The second-order valence-electron chi connectivity index (χ2n) is 6.22. The fourth-order valence-corrected chi connectivity index (χ4v) is 2.25. The van der Waals surface area contributed by atoms with Crippen molar-refractivity contribution in [3.63, 3.8) is 0 Å². The van der Waals surface area contributed by atoms with Crippen molar-refractivity contribution in [2.75, 3.05) is 26.2 Å². The van der Waals surface area contributed by atoms with Gasteiger partial charge in [-0.3, -0.25) is 9.59 Å². The van der Waals surface area contributed by atoms with Crippen molar-refractivity contribution in [3.8, 4) is 0 Å². The van der Waals surface area contributed by atoms with E-state index in [2.05, 4.69) is 0 Å². The minimum Gasteiger partial charge on any atom is -0.465 e. The van der Waals surface area contributed by atoms with E-state index in [1.54, 1.807) is 29.4 Å². The second kappa shape index (κ2) is 6.16. The Hall–Kier alpha value is -2.04. The number of furan rings is 1. The molecule has 0 atom stereocenters. The van der Waals surface area contributed by atoms with Gasteiger partial charge >= 0.3 is 0 Å². The maximum atomic E-state index is 12.2. The van der Waals surface area contributed by atoms with Crippen molar-refractivity contribution in [2.45, 2.75) is 20.8 Å². The van der Waals surface area contributed by atoms with Gasteiger partial charge in [0.15, 0.2) is 0 Å². The number of nitrogens with zero attached hydrogens (tertiary/aromatic N) is 2. The van der Waals surface area contributed by atoms with Crippen molar-refractivity contribution in [1.29, 1.82) is 0 Å². The molecule has 0 aromatic carbocycles. The van der Waals surface area contributed by atoms with Crippen LogP contribution in [0, 0.1) is 5.41 Å². The smallest absolute Gasteiger partial charge is 0.246 e. The Morgan fingerprint density at radius 2 is 1.76 bits per heavy atom. The molecule has 5 heteroatoms. The first-order chi connectivity index (χ1) is 9.88. The molecule has 21 heavy (non-hydrogen) atoms. The van der Waals surface area contributed by atoms with E-state index in [9.17, 15) is 9.59 Å². The van der Waals surface area contributed by atoms with E-state index in [1.165, 1.54) is 6.08 Å². The summed E-state index contributed by atoms with van der Waals surface area (Å²) in [5, 5.41) is 0. The molecule has 1 aromatic rings. The molecular weight excluding hydrogens is 268 g/mol. The van der Waals surface area contributed by atoms with Crippen LogP contribution in [0.15, 0.2) is 28.9 Å². The number of carbonyl (C=O) groups excluding carboxylic acids is 2. The van der Waals surface area contributed by atoms with Crippen molar-refractivity contribution in [3.05, 3.63) is 30.2 Å². The number of hydrogen-bond donors (Lipinski definition) is 0. The Labute approximate surface area is 125 Å². The van der Waals surface area contributed by atoms with Crippen LogP contribution in [0.3, 0.4) is 0 Å². The molecule has 1 aliphatic rings. The molecule has 0 spiro atoms. The third kappa shape index (κ3) is 3.97. The highest BCUT2D eigenvalue weighted by atomic mass is 16.3. The van der Waals surface area contributed by atoms with Crippen LogP contribution in [0.1, 0.15) is 26.5 Å². The first-order valence-electron chi connectivity index (χ1n) is 7.18. The van der Waals surface area contributed by atoms with Crippen LogP contribution in [-0.4, -0.2) is 47.8 Å². The van der Waals surface area contributed by atoms with Crippen molar-refractivity contribution in [1.82, 2.24) is 9.80 Å². The molecule has 1 saturated heterocycles. The van der Waals surface area contributed by atoms with E-state index in [-0.39, 0.29) is 17.2 Å². The highest BCUT2D eigenvalue weighted by Gasteiger charge is 2.30. The van der Waals surface area contributed by atoms with Gasteiger partial charge in [0.05, 0.1) is 6.26 Å². The minimum atomic E-state index is -0.370. The molecule has 0 N–H and O–H groups in total. The molecule has 5 nitrogen and oxygen atoms in total. The Balaban J connectivity index is 1.86. The first kappa shape index (κ1) is 15.4. The molecule has 0 saturated carbocycles. The lowest BCUT2D eigenvalue weighted by Crippen LogP contribution is -2.52. The van der Waals surface area contributed by atoms with E-state index in [4.69, 9.17) is 4.42 Å². The summed E-state index contributed by atoms with van der Waals surface area (Å²) < 4.78 is 5.15. The van der Waals surface area contributed by atoms with Gasteiger partial charge < -0.3 is 14.2 Å². The van der Waals surface area contributed by atoms with E-state index in [0.29, 0.717) is 31.9 Å². The molecule has 0 aliphatic carbocycles. The Kier molecular flexibility index (Phi) is 4.50. The quantitative estimate of drug-likeness (QED) is 0.783. The maximum absolute atomic E-state index is 12.2. The van der Waals surface area contributed by atoms with Gasteiger partial charge in [-0.05, 0) is 18.2 Å². The zero-order valence-corrected chi connectivity index (χ0v) is 12.8. The largest absolute Gasteiger partial charge is 0.465 e. The normalized spacial score (nSPS) is 16.5. The average Bonchev–Trinajstić information content (AvgIpc) is 2.96. The molecule has 1 fully saturated rings. The minimum absolute atomic E-state index is 0.0470. The number of hydrogen-bond acceptors (Lipinski definition) is 3. The predicted octanol–water partition coefficient (Wildman–Crippen LogP) is 2.01. The van der Waals surface area contributed by atoms with E-state index >= 15 is 0 Å². The van der Waals surface area contributed by atoms with Crippen LogP contribution >= 0.6 is 0 Å². The SMILES string of the molecule is CC(C)(C)C(=O)N1CCN(C(=O)/C=C/c2ccco2)CC1. The van der Waals surface area contributed by atoms with Gasteiger partial charge in [-0.15, -0.1) is 0 Å². The van der Waals surface area contributed by atoms with Gasteiger partial charge in [0.25, 0.3) is 0 Å². The lowest BCUT2D eigenvalue weighted by Gasteiger charge is -2.37. The molecule has 0 bridgehead atoms. The van der Waals surface area contributed by atoms with Gasteiger partial charge in [-0.2, -0.15) is 0 Å². The Bertz CT molecular complexity index is 518. The molecule has 2 amide bonds. The molecule has 0 unspecified atom stereocenters. The summed E-state index contributed by atoms with van der Waals surface area (Å²) in [6.45, 7) is 8.08. The van der Waals surface area contributed by atoms with Gasteiger partial charge in [0.1, 0.15) is 5.76 Å². The van der Waals surface area contributed by atoms with Crippen molar-refractivity contribution < 1.29 is 14.0 Å². The van der Waals surface area contributed by atoms with Crippen LogP contribution in [0.4, 0.5) is 0 Å². The molecule has 0 radical (unpaired) electrons. The fraction of sp³-hybridized carbons (Fsp3) is 0.500. The molecular formula is C16H22N2O3. The summed E-state index contributed by atoms with van der Waals surface area (Å²) in [6.07, 6.45) is 4.75. The van der Waals surface area contributed by atoms with Crippen molar-refractivity contribution in [2.24, 2.45) is 5.41 Å². The van der Waals surface area contributed by atoms with E-state index < -0.39 is 0 Å². The second-order valence-corrected chi connectivity index (χ2v) is 6.22. The highest BCUT2D eigenvalue weighted by molar-refractivity contribution is 5.91. The van der Waals surface area contributed by atoms with Gasteiger partial charge in [-0.25, -0.2) is 0 Å². The van der Waals surface area contributed by atoms with Crippen LogP contribution in [-0.2, 0) is 9.59 Å². The highest BCUT2D eigenvalue weighted by Crippen LogP contribution is 2.18. The zero-order valence-electron chi connectivity index (χ0n) is 12.8. The van der Waals surface area contributed by atoms with Gasteiger partial charge in [-0.1, -0.05) is 20.8 Å². The zero-order chi connectivity index (χ0) is 15.5. The molecule has 2 heterocycles. The lowest BCUT2D eigenvalue weighted by atomic mass is 9.94. The standard InChI is InChI=1S/C16H22N2O3/c1-16(2,3)15(20)18-10-8-17(9-11-18)14(19)7-6-13-5-4-12-21-13/h4-7,12H,8-11H2,1-3H3/b7-6+. The van der Waals surface area contributed by atoms with Crippen LogP contribution in [0.25, 0.3) is 6.08 Å². The average molecular weight is 290 g/mol. The first-order valence-corrected chi connectivity index (χ1v) is 7.18. The Morgan fingerprint density at radius 3 is 2.29 bits per heavy atom. The predicted molar refractivity (Wildman–Crippen MR) is 80.4 cm³/mol. The summed E-state index contributed by atoms with van der Waals surface area (Å²) >= 11 is 0. The molecule has 2 rings (SSSR count). The van der Waals surface area contributed by atoms with Gasteiger partial charge in [0, 0.05) is 37.7 Å². The third-order valence-electron chi connectivity index (χ3n) is 3.45. The lowest BCUT2D eigenvalue weighted by molar-refractivity contribution is -0.143. The van der Waals surface area contributed by atoms with Gasteiger partial charge in [0.2, 0.25) is 11.8 Å². The Morgan fingerprint density at radius 1 is 1.14 bits per heavy atom. The van der Waals surface area contributed by atoms with Crippen LogP contribution in [0.5, 0.6) is 0 Å². The van der Waals surface area contributed by atoms with E-state index in [1.807, 2.05) is 25.7 Å². The number of amides is 2. The van der Waals surface area contributed by atoms with Crippen LogP contribution < -0.4 is 0 Å². The topological polar surface area (TPSA) is 53.8 Å². The number of piperazine rings is 1. The summed E-state index contributed by atoms with van der Waals surface area (Å²) in [5.41, 5.74) is -0.370. The third-order valence-corrected chi connectivity index (χ3v) is 3.45. The monoisotopic (exact) mass is 290 g/mol. The molecule has 1 aliphatic heterocycles. The molecule has 1 aromatic heterocycles. The summed E-state index contributed by atoms with van der Waals surface area (Å²) in [5.74, 6) is 0.750. The van der Waals surface area contributed by atoms with Crippen LogP contribution in [0.2, 0.25) is 0 Å². The maximum Gasteiger partial charge on any atom is 0.246 e. The molecule has 114 valence electrons. The fourth-order valence-electron chi connectivity index (χ4n) is 2.25. The van der Waals surface area contributed by atoms with Crippen molar-refractivity contribution >= 4 is 17.9 Å². The summed E-state index contributed by atoms with van der Waals surface area (Å²) in [4.78, 5) is 27.8. The number of rotatable bonds is 2. The van der Waals surface area contributed by atoms with E-state index in [0.717, 1.165) is 0 Å². The number of carbonyl (C=O) groups is 2. The summed E-state index contributed by atoms with van der Waals surface area (Å²) in [6, 6.07) is 3.57. The summed E-state index contributed by atoms with van der Waals surface area (Å²) in [7, 11) is 0.